The average molecular weight is 340 g/mol. The molecule has 0 aliphatic rings. The zero-order valence-electron chi connectivity index (χ0n) is 11.9. The molecule has 0 heterocycles. The molecule has 6 heteroatoms. The first kappa shape index (κ1) is 16.5. The van der Waals surface area contributed by atoms with Gasteiger partial charge < -0.3 is 14.8 Å². The molecule has 116 valence electrons. The highest BCUT2D eigenvalue weighted by Crippen LogP contribution is 2.26. The van der Waals surface area contributed by atoms with E-state index in [4.69, 9.17) is 32.7 Å². The lowest BCUT2D eigenvalue weighted by molar-refractivity contribution is -0.123. The monoisotopic (exact) mass is 339 g/mol. The van der Waals surface area contributed by atoms with Crippen LogP contribution in [0.2, 0.25) is 10.0 Å². The van der Waals surface area contributed by atoms with Crippen LogP contribution in [0, 0.1) is 0 Å². The predicted octanol–water partition coefficient (Wildman–Crippen LogP) is 3.70. The molecule has 2 aromatic rings. The lowest BCUT2D eigenvalue weighted by Crippen LogP contribution is -2.28. The third-order valence-electron chi connectivity index (χ3n) is 2.91. The van der Waals surface area contributed by atoms with Crippen LogP contribution in [0.25, 0.3) is 0 Å². The molecule has 0 aliphatic carbocycles. The molecule has 1 amide bonds. The van der Waals surface area contributed by atoms with Crippen molar-refractivity contribution in [2.45, 2.75) is 6.54 Å². The zero-order chi connectivity index (χ0) is 15.9. The van der Waals surface area contributed by atoms with Gasteiger partial charge in [0.25, 0.3) is 5.91 Å². The van der Waals surface area contributed by atoms with Gasteiger partial charge in [0.15, 0.2) is 6.61 Å². The predicted molar refractivity (Wildman–Crippen MR) is 86.8 cm³/mol. The van der Waals surface area contributed by atoms with Gasteiger partial charge in [-0.15, -0.1) is 0 Å². The molecule has 2 rings (SSSR count). The van der Waals surface area contributed by atoms with E-state index in [0.717, 1.165) is 11.3 Å². The van der Waals surface area contributed by atoms with Crippen LogP contribution in [-0.2, 0) is 11.3 Å². The van der Waals surface area contributed by atoms with Gasteiger partial charge >= 0.3 is 0 Å². The second-order valence-electron chi connectivity index (χ2n) is 4.49. The molecule has 22 heavy (non-hydrogen) atoms. The normalized spacial score (nSPS) is 10.1. The highest BCUT2D eigenvalue weighted by atomic mass is 35.5. The average Bonchev–Trinajstić information content (AvgIpc) is 2.54. The molecular weight excluding hydrogens is 325 g/mol. The summed E-state index contributed by atoms with van der Waals surface area (Å²) < 4.78 is 10.4. The summed E-state index contributed by atoms with van der Waals surface area (Å²) in [5.74, 6) is 1.05. The van der Waals surface area contributed by atoms with Gasteiger partial charge in [0.05, 0.1) is 17.2 Å². The van der Waals surface area contributed by atoms with E-state index >= 15 is 0 Å². The standard InChI is InChI=1S/C16H15Cl2NO3/c1-21-12-4-2-11(3-5-12)9-19-16(20)10-22-13-6-7-14(17)15(18)8-13/h2-8H,9-10H2,1H3,(H,19,20). The van der Waals surface area contributed by atoms with Gasteiger partial charge in [0.2, 0.25) is 0 Å². The van der Waals surface area contributed by atoms with E-state index in [9.17, 15) is 4.79 Å². The number of rotatable bonds is 6. The van der Waals surface area contributed by atoms with Gasteiger partial charge in [0.1, 0.15) is 11.5 Å². The molecule has 0 aliphatic heterocycles. The number of ether oxygens (including phenoxy) is 2. The lowest BCUT2D eigenvalue weighted by atomic mass is 10.2. The third kappa shape index (κ3) is 4.83. The van der Waals surface area contributed by atoms with E-state index in [-0.39, 0.29) is 12.5 Å². The minimum absolute atomic E-state index is 0.0892. The van der Waals surface area contributed by atoms with Crippen molar-refractivity contribution in [1.82, 2.24) is 5.32 Å². The maximum absolute atomic E-state index is 11.7. The molecule has 0 atom stereocenters. The van der Waals surface area contributed by atoms with Crippen molar-refractivity contribution >= 4 is 29.1 Å². The largest absolute Gasteiger partial charge is 0.497 e. The zero-order valence-corrected chi connectivity index (χ0v) is 13.4. The van der Waals surface area contributed by atoms with Crippen LogP contribution in [0.3, 0.4) is 0 Å². The molecule has 0 saturated heterocycles. The Labute approximate surface area is 138 Å². The molecule has 2 aromatic carbocycles. The maximum Gasteiger partial charge on any atom is 0.258 e. The Bertz CT molecular complexity index is 644. The van der Waals surface area contributed by atoms with Gasteiger partial charge in [-0.1, -0.05) is 35.3 Å². The minimum atomic E-state index is -0.220. The summed E-state index contributed by atoms with van der Waals surface area (Å²) >= 11 is 11.7. The van der Waals surface area contributed by atoms with Gasteiger partial charge in [-0.25, -0.2) is 0 Å². The van der Waals surface area contributed by atoms with E-state index < -0.39 is 0 Å². The number of amides is 1. The fourth-order valence-electron chi connectivity index (χ4n) is 1.71. The third-order valence-corrected chi connectivity index (χ3v) is 3.65. The quantitative estimate of drug-likeness (QED) is 0.872. The van der Waals surface area contributed by atoms with E-state index in [2.05, 4.69) is 5.32 Å². The van der Waals surface area contributed by atoms with Crippen LogP contribution in [0.4, 0.5) is 0 Å². The maximum atomic E-state index is 11.7. The lowest BCUT2D eigenvalue weighted by Gasteiger charge is -2.08. The van der Waals surface area contributed by atoms with Crippen LogP contribution >= 0.6 is 23.2 Å². The van der Waals surface area contributed by atoms with Crippen LogP contribution in [0.1, 0.15) is 5.56 Å². The van der Waals surface area contributed by atoms with Gasteiger partial charge in [-0.3, -0.25) is 4.79 Å². The second-order valence-corrected chi connectivity index (χ2v) is 5.30. The number of carbonyl (C=O) groups is 1. The summed E-state index contributed by atoms with van der Waals surface area (Å²) in [6, 6.07) is 12.3. The summed E-state index contributed by atoms with van der Waals surface area (Å²) in [4.78, 5) is 11.7. The first-order chi connectivity index (χ1) is 10.6. The molecule has 0 spiro atoms. The minimum Gasteiger partial charge on any atom is -0.497 e. The van der Waals surface area contributed by atoms with Crippen molar-refractivity contribution in [2.75, 3.05) is 13.7 Å². The van der Waals surface area contributed by atoms with Gasteiger partial charge in [-0.2, -0.15) is 0 Å². The number of hydrogen-bond donors (Lipinski definition) is 1. The van der Waals surface area contributed by atoms with Crippen molar-refractivity contribution in [1.29, 1.82) is 0 Å². The number of hydrogen-bond acceptors (Lipinski definition) is 3. The molecule has 0 bridgehead atoms. The van der Waals surface area contributed by atoms with E-state index in [0.29, 0.717) is 22.3 Å². The molecule has 0 fully saturated rings. The van der Waals surface area contributed by atoms with Crippen LogP contribution in [-0.4, -0.2) is 19.6 Å². The summed E-state index contributed by atoms with van der Waals surface area (Å²) in [6.07, 6.45) is 0. The van der Waals surface area contributed by atoms with Crippen molar-refractivity contribution in [2.24, 2.45) is 0 Å². The van der Waals surface area contributed by atoms with Crippen LogP contribution < -0.4 is 14.8 Å². The van der Waals surface area contributed by atoms with Crippen LogP contribution in [0.5, 0.6) is 11.5 Å². The van der Waals surface area contributed by atoms with Crippen molar-refractivity contribution in [3.8, 4) is 11.5 Å². The number of halogens is 2. The molecule has 0 unspecified atom stereocenters. The van der Waals surface area contributed by atoms with Gasteiger partial charge in [-0.05, 0) is 29.8 Å². The summed E-state index contributed by atoms with van der Waals surface area (Å²) in [5.41, 5.74) is 0.976. The molecule has 4 nitrogen and oxygen atoms in total. The fraction of sp³-hybridized carbons (Fsp3) is 0.188. The smallest absolute Gasteiger partial charge is 0.258 e. The van der Waals surface area contributed by atoms with Crippen molar-refractivity contribution < 1.29 is 14.3 Å². The number of benzene rings is 2. The number of nitrogens with one attached hydrogen (secondary N) is 1. The Morgan fingerprint density at radius 1 is 1.05 bits per heavy atom. The fourth-order valence-corrected chi connectivity index (χ4v) is 2.00. The van der Waals surface area contributed by atoms with E-state index in [1.807, 2.05) is 24.3 Å². The first-order valence-corrected chi connectivity index (χ1v) is 7.31. The Kier molecular flexibility index (Phi) is 5.92. The second kappa shape index (κ2) is 7.92. The SMILES string of the molecule is COc1ccc(CNC(=O)COc2ccc(Cl)c(Cl)c2)cc1. The van der Waals surface area contributed by atoms with Crippen molar-refractivity contribution in [3.63, 3.8) is 0 Å². The highest BCUT2D eigenvalue weighted by molar-refractivity contribution is 6.42. The van der Waals surface area contributed by atoms with Crippen molar-refractivity contribution in [3.05, 3.63) is 58.1 Å². The van der Waals surface area contributed by atoms with Gasteiger partial charge in [0, 0.05) is 12.6 Å². The topological polar surface area (TPSA) is 47.6 Å². The van der Waals surface area contributed by atoms with E-state index in [1.165, 1.54) is 0 Å². The summed E-state index contributed by atoms with van der Waals surface area (Å²) in [5, 5.41) is 3.60. The molecule has 0 aromatic heterocycles. The number of methoxy groups -OCH3 is 1. The number of carbonyl (C=O) groups excluding carboxylic acids is 1. The van der Waals surface area contributed by atoms with Crippen LogP contribution in [0.15, 0.2) is 42.5 Å². The Morgan fingerprint density at radius 3 is 2.36 bits per heavy atom. The molecule has 0 radical (unpaired) electrons. The molecule has 1 N–H and O–H groups in total. The Balaban J connectivity index is 1.78. The van der Waals surface area contributed by atoms with E-state index in [1.54, 1.807) is 25.3 Å². The first-order valence-electron chi connectivity index (χ1n) is 6.56. The Hall–Kier alpha value is -1.91. The Morgan fingerprint density at radius 2 is 1.73 bits per heavy atom. The summed E-state index contributed by atoms with van der Waals surface area (Å²) in [7, 11) is 1.61. The highest BCUT2D eigenvalue weighted by Gasteiger charge is 2.05. The molecular formula is C16H15Cl2NO3. The summed E-state index contributed by atoms with van der Waals surface area (Å²) in [6.45, 7) is 0.335. The molecule has 0 saturated carbocycles.